The van der Waals surface area contributed by atoms with Crippen LogP contribution in [0.4, 0.5) is 5.82 Å². The van der Waals surface area contributed by atoms with E-state index in [1.54, 1.807) is 23.1 Å². The van der Waals surface area contributed by atoms with Gasteiger partial charge in [0.05, 0.1) is 27.9 Å². The number of nitrogens with two attached hydrogens (primary N) is 1. The number of aryl methyl sites for hydroxylation is 2. The zero-order chi connectivity index (χ0) is 19.3. The summed E-state index contributed by atoms with van der Waals surface area (Å²) >= 11 is 3.41. The van der Waals surface area contributed by atoms with E-state index in [9.17, 15) is 0 Å². The standard InChI is InChI=1S/C21H21N5S2/c1-11-7-8-13-16(9-11)28-21-18(13)19(22)25-17(26-21)10-27-20-12(2)23-14-5-3-4-6-15(14)24-20/h3-6,11H,7-10H2,1-2H3,(H2,22,25,26). The molecule has 1 aliphatic carbocycles. The summed E-state index contributed by atoms with van der Waals surface area (Å²) in [6.07, 6.45) is 3.44. The largest absolute Gasteiger partial charge is 0.383 e. The maximum Gasteiger partial charge on any atom is 0.142 e. The van der Waals surface area contributed by atoms with Gasteiger partial charge in [-0.05, 0) is 49.8 Å². The number of fused-ring (bicyclic) bond motifs is 4. The molecule has 3 aromatic heterocycles. The molecule has 1 aliphatic rings. The van der Waals surface area contributed by atoms with E-state index in [1.807, 2.05) is 31.2 Å². The van der Waals surface area contributed by atoms with Crippen LogP contribution in [0, 0.1) is 12.8 Å². The zero-order valence-corrected chi connectivity index (χ0v) is 17.5. The van der Waals surface area contributed by atoms with E-state index in [0.29, 0.717) is 11.6 Å². The molecule has 0 amide bonds. The molecule has 2 N–H and O–H groups in total. The summed E-state index contributed by atoms with van der Waals surface area (Å²) in [5, 5.41) is 2.00. The number of nitrogen functional groups attached to an aromatic ring is 1. The molecule has 142 valence electrons. The third-order valence-electron chi connectivity index (χ3n) is 5.27. The van der Waals surface area contributed by atoms with Crippen LogP contribution in [-0.4, -0.2) is 19.9 Å². The maximum atomic E-state index is 6.35. The van der Waals surface area contributed by atoms with Gasteiger partial charge >= 0.3 is 0 Å². The Kier molecular flexibility index (Phi) is 4.44. The molecule has 5 rings (SSSR count). The first kappa shape index (κ1) is 17.8. The minimum absolute atomic E-state index is 0.619. The molecule has 0 spiro atoms. The Labute approximate surface area is 171 Å². The molecule has 0 fully saturated rings. The number of nitrogens with zero attached hydrogens (tertiary/aromatic N) is 4. The quantitative estimate of drug-likeness (QED) is 0.485. The topological polar surface area (TPSA) is 77.6 Å². The number of hydrogen-bond acceptors (Lipinski definition) is 7. The van der Waals surface area contributed by atoms with Crippen molar-refractivity contribution in [1.82, 2.24) is 19.9 Å². The van der Waals surface area contributed by atoms with Crippen LogP contribution in [-0.2, 0) is 18.6 Å². The van der Waals surface area contributed by atoms with Crippen molar-refractivity contribution in [2.45, 2.75) is 43.9 Å². The Morgan fingerprint density at radius 3 is 2.75 bits per heavy atom. The highest BCUT2D eigenvalue weighted by atomic mass is 32.2. The van der Waals surface area contributed by atoms with E-state index >= 15 is 0 Å². The summed E-state index contributed by atoms with van der Waals surface area (Å²) in [4.78, 5) is 21.3. The van der Waals surface area contributed by atoms with E-state index in [4.69, 9.17) is 15.7 Å². The first-order chi connectivity index (χ1) is 13.6. The third-order valence-corrected chi connectivity index (χ3v) is 7.48. The summed E-state index contributed by atoms with van der Waals surface area (Å²) in [6, 6.07) is 7.94. The summed E-state index contributed by atoms with van der Waals surface area (Å²) in [6.45, 7) is 4.31. The lowest BCUT2D eigenvalue weighted by Gasteiger charge is -2.17. The van der Waals surface area contributed by atoms with Gasteiger partial charge in [0.1, 0.15) is 21.5 Å². The molecule has 4 aromatic rings. The molecule has 0 bridgehead atoms. The Morgan fingerprint density at radius 1 is 1.14 bits per heavy atom. The lowest BCUT2D eigenvalue weighted by atomic mass is 9.89. The molecule has 1 unspecified atom stereocenters. The maximum absolute atomic E-state index is 6.35. The molecular weight excluding hydrogens is 386 g/mol. The second-order valence-electron chi connectivity index (χ2n) is 7.45. The SMILES string of the molecule is Cc1nc2ccccc2nc1SCc1nc(N)c2c3c(sc2n1)CC(C)CC3. The molecule has 0 aliphatic heterocycles. The van der Waals surface area contributed by atoms with Gasteiger partial charge < -0.3 is 5.73 Å². The zero-order valence-electron chi connectivity index (χ0n) is 15.9. The van der Waals surface area contributed by atoms with E-state index in [0.717, 1.165) is 56.6 Å². The Morgan fingerprint density at radius 2 is 1.93 bits per heavy atom. The Bertz CT molecular complexity index is 1200. The lowest BCUT2D eigenvalue weighted by Crippen LogP contribution is -2.09. The molecule has 0 saturated heterocycles. The van der Waals surface area contributed by atoms with Crippen molar-refractivity contribution in [3.05, 3.63) is 46.2 Å². The normalized spacial score (nSPS) is 16.6. The van der Waals surface area contributed by atoms with Gasteiger partial charge in [-0.25, -0.2) is 19.9 Å². The molecule has 0 radical (unpaired) electrons. The number of rotatable bonds is 3. The number of benzene rings is 1. The predicted octanol–water partition coefficient (Wildman–Crippen LogP) is 4.94. The first-order valence-electron chi connectivity index (χ1n) is 9.51. The number of hydrogen-bond donors (Lipinski definition) is 1. The van der Waals surface area contributed by atoms with Crippen LogP contribution >= 0.6 is 23.1 Å². The highest BCUT2D eigenvalue weighted by Crippen LogP contribution is 2.39. The highest BCUT2D eigenvalue weighted by molar-refractivity contribution is 7.98. The minimum Gasteiger partial charge on any atom is -0.383 e. The molecule has 5 nitrogen and oxygen atoms in total. The van der Waals surface area contributed by atoms with Crippen LogP contribution in [0.5, 0.6) is 0 Å². The van der Waals surface area contributed by atoms with Crippen LogP contribution < -0.4 is 5.73 Å². The smallest absolute Gasteiger partial charge is 0.142 e. The fourth-order valence-electron chi connectivity index (χ4n) is 3.82. The van der Waals surface area contributed by atoms with Gasteiger partial charge in [0.25, 0.3) is 0 Å². The molecule has 3 heterocycles. The monoisotopic (exact) mass is 407 g/mol. The van der Waals surface area contributed by atoms with Crippen LogP contribution in [0.1, 0.15) is 35.3 Å². The number of thiophene rings is 1. The van der Waals surface area contributed by atoms with Gasteiger partial charge in [0.15, 0.2) is 0 Å². The molecular formula is C21H21N5S2. The summed E-state index contributed by atoms with van der Waals surface area (Å²) in [7, 11) is 0. The number of aromatic nitrogens is 4. The van der Waals surface area contributed by atoms with Crippen LogP contribution in [0.3, 0.4) is 0 Å². The van der Waals surface area contributed by atoms with Gasteiger partial charge in [-0.1, -0.05) is 30.8 Å². The molecule has 1 atom stereocenters. The minimum atomic E-state index is 0.619. The van der Waals surface area contributed by atoms with Crippen molar-refractivity contribution in [1.29, 1.82) is 0 Å². The van der Waals surface area contributed by atoms with Crippen molar-refractivity contribution in [3.8, 4) is 0 Å². The van der Waals surface area contributed by atoms with E-state index in [-0.39, 0.29) is 0 Å². The second-order valence-corrected chi connectivity index (χ2v) is 9.50. The van der Waals surface area contributed by atoms with E-state index < -0.39 is 0 Å². The Balaban J connectivity index is 1.45. The molecule has 7 heteroatoms. The summed E-state index contributed by atoms with van der Waals surface area (Å²) < 4.78 is 0. The van der Waals surface area contributed by atoms with Crippen molar-refractivity contribution in [2.24, 2.45) is 5.92 Å². The number of para-hydroxylation sites is 2. The number of anilines is 1. The lowest BCUT2D eigenvalue weighted by molar-refractivity contribution is 0.509. The molecule has 28 heavy (non-hydrogen) atoms. The predicted molar refractivity (Wildman–Crippen MR) is 117 cm³/mol. The van der Waals surface area contributed by atoms with Crippen molar-refractivity contribution in [2.75, 3.05) is 5.73 Å². The summed E-state index contributed by atoms with van der Waals surface area (Å²) in [5.74, 6) is 2.75. The fraction of sp³-hybridized carbons (Fsp3) is 0.333. The third kappa shape index (κ3) is 3.12. The molecule has 0 saturated carbocycles. The highest BCUT2D eigenvalue weighted by Gasteiger charge is 2.23. The molecule has 1 aromatic carbocycles. The average molecular weight is 408 g/mol. The van der Waals surface area contributed by atoms with Gasteiger partial charge in [-0.3, -0.25) is 0 Å². The van der Waals surface area contributed by atoms with Crippen molar-refractivity contribution >= 4 is 50.2 Å². The van der Waals surface area contributed by atoms with E-state index in [1.165, 1.54) is 16.9 Å². The number of thioether (sulfide) groups is 1. The van der Waals surface area contributed by atoms with Crippen LogP contribution in [0.2, 0.25) is 0 Å². The Hall–Kier alpha value is -2.25. The van der Waals surface area contributed by atoms with Gasteiger partial charge in [-0.2, -0.15) is 0 Å². The van der Waals surface area contributed by atoms with Crippen LogP contribution in [0.25, 0.3) is 21.3 Å². The van der Waals surface area contributed by atoms with Gasteiger partial charge in [-0.15, -0.1) is 11.3 Å². The average Bonchev–Trinajstić information content (AvgIpc) is 3.04. The van der Waals surface area contributed by atoms with E-state index in [2.05, 4.69) is 16.9 Å². The van der Waals surface area contributed by atoms with Crippen LogP contribution in [0.15, 0.2) is 29.3 Å². The summed E-state index contributed by atoms with van der Waals surface area (Å²) in [5.41, 5.74) is 10.5. The van der Waals surface area contributed by atoms with Gasteiger partial charge in [0, 0.05) is 4.88 Å². The fourth-order valence-corrected chi connectivity index (χ4v) is 6.04. The van der Waals surface area contributed by atoms with Gasteiger partial charge in [0.2, 0.25) is 0 Å². The van der Waals surface area contributed by atoms with Crippen molar-refractivity contribution < 1.29 is 0 Å². The van der Waals surface area contributed by atoms with Crippen molar-refractivity contribution in [3.63, 3.8) is 0 Å². The first-order valence-corrected chi connectivity index (χ1v) is 11.3. The second kappa shape index (κ2) is 6.97.